The highest BCUT2D eigenvalue weighted by Gasteiger charge is 2.28. The Hall–Kier alpha value is -2.89. The number of aromatic nitrogens is 4. The second-order valence-electron chi connectivity index (χ2n) is 9.52. The van der Waals surface area contributed by atoms with E-state index in [9.17, 15) is 8.42 Å². The van der Waals surface area contributed by atoms with Gasteiger partial charge in [-0.2, -0.15) is 10.1 Å². The van der Waals surface area contributed by atoms with Gasteiger partial charge in [-0.15, -0.1) is 0 Å². The predicted octanol–water partition coefficient (Wildman–Crippen LogP) is 4.15. The van der Waals surface area contributed by atoms with Crippen LogP contribution in [-0.4, -0.2) is 52.6 Å². The number of hydrogen-bond acceptors (Lipinski definition) is 9. The molecule has 1 atom stereocenters. The number of aryl methyl sites for hydroxylation is 1. The van der Waals surface area contributed by atoms with Crippen LogP contribution in [0.1, 0.15) is 44.6 Å². The number of hydrogen-bond donors (Lipinski definition) is 3. The van der Waals surface area contributed by atoms with Gasteiger partial charge in [0.15, 0.2) is 5.82 Å². The quantitative estimate of drug-likeness (QED) is 0.373. The summed E-state index contributed by atoms with van der Waals surface area (Å²) in [5.41, 5.74) is 2.30. The molecule has 0 radical (unpaired) electrons. The van der Waals surface area contributed by atoms with Gasteiger partial charge in [-0.3, -0.25) is 4.68 Å². The van der Waals surface area contributed by atoms with E-state index in [0.29, 0.717) is 17.6 Å². The largest absolute Gasteiger partial charge is 0.488 e. The van der Waals surface area contributed by atoms with Crippen molar-refractivity contribution in [2.75, 3.05) is 23.7 Å². The highest BCUT2D eigenvalue weighted by Crippen LogP contribution is 2.37. The maximum atomic E-state index is 12.8. The monoisotopic (exact) mass is 531 g/mol. The molecule has 3 N–H and O–H groups in total. The van der Waals surface area contributed by atoms with Crippen LogP contribution in [0.25, 0.3) is 0 Å². The minimum absolute atomic E-state index is 0.0544. The molecule has 3 heterocycles. The normalized spacial score (nSPS) is 18.0. The van der Waals surface area contributed by atoms with Crippen molar-refractivity contribution in [3.05, 3.63) is 41.2 Å². The van der Waals surface area contributed by atoms with Crippen molar-refractivity contribution >= 4 is 44.6 Å². The molecule has 2 fully saturated rings. The third-order valence-corrected chi connectivity index (χ3v) is 8.64. The van der Waals surface area contributed by atoms with Gasteiger partial charge in [0, 0.05) is 19.8 Å². The lowest BCUT2D eigenvalue weighted by Gasteiger charge is -2.17. The Morgan fingerprint density at radius 2 is 2.00 bits per heavy atom. The standard InChI is InChI=1S/C24H30ClN7O3S/c1-14(2)36(33,34)23-20(13-32(3)31-23)28-22-18(25)12-27-24(30-22)29-19-7-4-15(16-8-9-26-11-16)10-21(19)35-17-5-6-17/h4,7,10,12-14,16-17,26H,5-6,8-9,11H2,1-3H3,(H2,27,28,29,30). The van der Waals surface area contributed by atoms with Crippen LogP contribution in [0.15, 0.2) is 35.6 Å². The maximum Gasteiger partial charge on any atom is 0.229 e. The van der Waals surface area contributed by atoms with Gasteiger partial charge in [-0.1, -0.05) is 17.7 Å². The summed E-state index contributed by atoms with van der Waals surface area (Å²) in [5, 5.41) is 13.4. The van der Waals surface area contributed by atoms with E-state index in [4.69, 9.17) is 16.3 Å². The third-order valence-electron chi connectivity index (χ3n) is 6.28. The average Bonchev–Trinajstić information content (AvgIpc) is 3.32. The number of nitrogens with zero attached hydrogens (tertiary/aromatic N) is 4. The van der Waals surface area contributed by atoms with Gasteiger partial charge in [0.25, 0.3) is 0 Å². The van der Waals surface area contributed by atoms with E-state index in [1.54, 1.807) is 27.1 Å². The Balaban J connectivity index is 1.42. The first-order valence-electron chi connectivity index (χ1n) is 12.1. The zero-order valence-electron chi connectivity index (χ0n) is 20.5. The molecule has 0 amide bonds. The first-order valence-corrected chi connectivity index (χ1v) is 14.0. The van der Waals surface area contributed by atoms with Crippen molar-refractivity contribution in [3.63, 3.8) is 0 Å². The molecule has 192 valence electrons. The number of ether oxygens (including phenoxy) is 1. The van der Waals surface area contributed by atoms with Crippen molar-refractivity contribution in [2.45, 2.75) is 55.4 Å². The number of sulfone groups is 1. The Morgan fingerprint density at radius 1 is 1.19 bits per heavy atom. The molecule has 36 heavy (non-hydrogen) atoms. The Bertz CT molecular complexity index is 1370. The lowest BCUT2D eigenvalue weighted by Crippen LogP contribution is -2.16. The first kappa shape index (κ1) is 24.8. The van der Waals surface area contributed by atoms with E-state index in [0.717, 1.165) is 43.8 Å². The van der Waals surface area contributed by atoms with Gasteiger partial charge in [0.05, 0.1) is 28.9 Å². The summed E-state index contributed by atoms with van der Waals surface area (Å²) < 4.78 is 33.2. The summed E-state index contributed by atoms with van der Waals surface area (Å²) in [4.78, 5) is 8.83. The Morgan fingerprint density at radius 3 is 2.69 bits per heavy atom. The van der Waals surface area contributed by atoms with Crippen LogP contribution in [-0.2, 0) is 16.9 Å². The Labute approximate surface area is 215 Å². The first-order chi connectivity index (χ1) is 17.2. The molecule has 3 aromatic rings. The molecule has 1 unspecified atom stereocenters. The van der Waals surface area contributed by atoms with Crippen molar-refractivity contribution in [2.24, 2.45) is 7.05 Å². The molecule has 1 aromatic carbocycles. The zero-order valence-corrected chi connectivity index (χ0v) is 22.0. The third kappa shape index (κ3) is 5.28. The maximum absolute atomic E-state index is 12.8. The number of benzene rings is 1. The van der Waals surface area contributed by atoms with Crippen LogP contribution in [0.2, 0.25) is 5.02 Å². The highest BCUT2D eigenvalue weighted by atomic mass is 35.5. The van der Waals surface area contributed by atoms with Crippen LogP contribution >= 0.6 is 11.6 Å². The fourth-order valence-corrected chi connectivity index (χ4v) is 5.29. The van der Waals surface area contributed by atoms with Crippen LogP contribution in [0.4, 0.5) is 23.1 Å². The van der Waals surface area contributed by atoms with Crippen LogP contribution in [0.3, 0.4) is 0 Å². The summed E-state index contributed by atoms with van der Waals surface area (Å²) in [6, 6.07) is 6.20. The highest BCUT2D eigenvalue weighted by molar-refractivity contribution is 7.92. The molecule has 0 bridgehead atoms. The fourth-order valence-electron chi connectivity index (χ4n) is 4.05. The van der Waals surface area contributed by atoms with Crippen molar-refractivity contribution < 1.29 is 13.2 Å². The molecule has 1 aliphatic carbocycles. The summed E-state index contributed by atoms with van der Waals surface area (Å²) in [5.74, 6) is 1.81. The van der Waals surface area contributed by atoms with Crippen LogP contribution in [0, 0.1) is 0 Å². The fraction of sp³-hybridized carbons (Fsp3) is 0.458. The zero-order chi connectivity index (χ0) is 25.4. The van der Waals surface area contributed by atoms with E-state index in [2.05, 4.69) is 43.1 Å². The second kappa shape index (κ2) is 9.87. The van der Waals surface area contributed by atoms with E-state index in [-0.39, 0.29) is 22.0 Å². The molecule has 1 aliphatic heterocycles. The molecule has 1 saturated heterocycles. The van der Waals surface area contributed by atoms with Gasteiger partial charge in [-0.05, 0) is 63.3 Å². The van der Waals surface area contributed by atoms with E-state index >= 15 is 0 Å². The molecule has 5 rings (SSSR count). The van der Waals surface area contributed by atoms with Gasteiger partial charge in [-0.25, -0.2) is 13.4 Å². The lowest BCUT2D eigenvalue weighted by atomic mass is 9.98. The number of rotatable bonds is 9. The second-order valence-corrected chi connectivity index (χ2v) is 12.3. The average molecular weight is 532 g/mol. The van der Waals surface area contributed by atoms with Gasteiger partial charge < -0.3 is 20.7 Å². The number of halogens is 1. The molecule has 10 nitrogen and oxygen atoms in total. The minimum Gasteiger partial charge on any atom is -0.488 e. The molecule has 0 spiro atoms. The molecule has 2 aliphatic rings. The number of nitrogens with one attached hydrogen (secondary N) is 3. The number of anilines is 4. The predicted molar refractivity (Wildman–Crippen MR) is 139 cm³/mol. The molecule has 2 aromatic heterocycles. The van der Waals surface area contributed by atoms with E-state index < -0.39 is 15.1 Å². The van der Waals surface area contributed by atoms with Crippen molar-refractivity contribution in [1.82, 2.24) is 25.1 Å². The van der Waals surface area contributed by atoms with Crippen molar-refractivity contribution in [1.29, 1.82) is 0 Å². The summed E-state index contributed by atoms with van der Waals surface area (Å²) in [6.45, 7) is 5.22. The topological polar surface area (TPSA) is 123 Å². The molecule has 1 saturated carbocycles. The molecular weight excluding hydrogens is 502 g/mol. The Kier molecular flexibility index (Phi) is 6.80. The van der Waals surface area contributed by atoms with Crippen molar-refractivity contribution in [3.8, 4) is 5.75 Å². The SMILES string of the molecule is CC(C)S(=O)(=O)c1nn(C)cc1Nc1nc(Nc2ccc(C3CCNC3)cc2OC2CC2)ncc1Cl. The van der Waals surface area contributed by atoms with Crippen LogP contribution < -0.4 is 20.7 Å². The van der Waals surface area contributed by atoms with Gasteiger partial charge >= 0.3 is 0 Å². The van der Waals surface area contributed by atoms with Gasteiger partial charge in [0.2, 0.25) is 20.8 Å². The molecular formula is C24H30ClN7O3S. The summed E-state index contributed by atoms with van der Waals surface area (Å²) in [7, 11) is -1.96. The van der Waals surface area contributed by atoms with E-state index in [1.807, 2.05) is 6.07 Å². The molecule has 12 heteroatoms. The smallest absolute Gasteiger partial charge is 0.229 e. The van der Waals surface area contributed by atoms with Crippen LogP contribution in [0.5, 0.6) is 5.75 Å². The summed E-state index contributed by atoms with van der Waals surface area (Å²) >= 11 is 6.36. The minimum atomic E-state index is -3.62. The summed E-state index contributed by atoms with van der Waals surface area (Å²) in [6.07, 6.45) is 6.48. The van der Waals surface area contributed by atoms with Gasteiger partial charge in [0.1, 0.15) is 10.8 Å². The lowest BCUT2D eigenvalue weighted by molar-refractivity contribution is 0.304. The van der Waals surface area contributed by atoms with E-state index in [1.165, 1.54) is 16.4 Å².